The first-order valence-corrected chi connectivity index (χ1v) is 9.26. The van der Waals surface area contributed by atoms with E-state index in [0.29, 0.717) is 24.4 Å². The second kappa shape index (κ2) is 7.13. The highest BCUT2D eigenvalue weighted by molar-refractivity contribution is 5.78. The molecule has 1 amide bonds. The van der Waals surface area contributed by atoms with Gasteiger partial charge in [0.1, 0.15) is 0 Å². The van der Waals surface area contributed by atoms with Gasteiger partial charge in [0.2, 0.25) is 5.91 Å². The molecule has 2 atom stereocenters. The number of likely N-dealkylation sites (tertiary alicyclic amines) is 2. The van der Waals surface area contributed by atoms with E-state index in [1.54, 1.807) is 0 Å². The van der Waals surface area contributed by atoms with Crippen molar-refractivity contribution < 1.29 is 4.79 Å². The van der Waals surface area contributed by atoms with Crippen LogP contribution in [0.3, 0.4) is 0 Å². The molecule has 2 aliphatic heterocycles. The van der Waals surface area contributed by atoms with Gasteiger partial charge >= 0.3 is 0 Å². The number of rotatable bonds is 3. The Morgan fingerprint density at radius 2 is 1.71 bits per heavy atom. The molecule has 0 radical (unpaired) electrons. The second-order valence-electron chi connectivity index (χ2n) is 7.67. The van der Waals surface area contributed by atoms with Crippen LogP contribution in [0.25, 0.3) is 0 Å². The van der Waals surface area contributed by atoms with Crippen LogP contribution in [-0.2, 0) is 4.79 Å². The molecule has 3 rings (SSSR count). The molecule has 1 aliphatic carbocycles. The largest absolute Gasteiger partial charge is 0.341 e. The van der Waals surface area contributed by atoms with Crippen molar-refractivity contribution in [3.63, 3.8) is 0 Å². The van der Waals surface area contributed by atoms with Gasteiger partial charge in [-0.1, -0.05) is 26.2 Å². The van der Waals surface area contributed by atoms with Crippen molar-refractivity contribution in [3.05, 3.63) is 0 Å². The van der Waals surface area contributed by atoms with E-state index in [0.717, 1.165) is 25.6 Å². The average molecular weight is 292 g/mol. The van der Waals surface area contributed by atoms with Gasteiger partial charge < -0.3 is 4.90 Å². The summed E-state index contributed by atoms with van der Waals surface area (Å²) in [4.78, 5) is 17.3. The van der Waals surface area contributed by atoms with Gasteiger partial charge in [0.15, 0.2) is 0 Å². The summed E-state index contributed by atoms with van der Waals surface area (Å²) in [7, 11) is 0. The van der Waals surface area contributed by atoms with Gasteiger partial charge in [0.25, 0.3) is 0 Å². The number of hydrogen-bond donors (Lipinski definition) is 0. The van der Waals surface area contributed by atoms with E-state index in [4.69, 9.17) is 0 Å². The molecular weight excluding hydrogens is 260 g/mol. The highest BCUT2D eigenvalue weighted by Crippen LogP contribution is 2.34. The van der Waals surface area contributed by atoms with Crippen molar-refractivity contribution in [2.24, 2.45) is 11.8 Å². The summed E-state index contributed by atoms with van der Waals surface area (Å²) in [6.07, 6.45) is 12.1. The van der Waals surface area contributed by atoms with Crippen LogP contribution >= 0.6 is 0 Å². The Morgan fingerprint density at radius 1 is 0.952 bits per heavy atom. The normalized spacial score (nSPS) is 32.5. The quantitative estimate of drug-likeness (QED) is 0.797. The molecule has 2 saturated heterocycles. The lowest BCUT2D eigenvalue weighted by molar-refractivity contribution is -0.134. The zero-order chi connectivity index (χ0) is 14.7. The summed E-state index contributed by atoms with van der Waals surface area (Å²) in [5.74, 6) is 1.95. The van der Waals surface area contributed by atoms with Gasteiger partial charge in [-0.15, -0.1) is 0 Å². The SMILES string of the molecule is C[C@@H]1CCCN(C(=O)CN2CCC[C@H]2C2CCCCC2)C1. The Balaban J connectivity index is 1.54. The molecule has 3 fully saturated rings. The summed E-state index contributed by atoms with van der Waals surface area (Å²) >= 11 is 0. The van der Waals surface area contributed by atoms with Crippen LogP contribution in [0.2, 0.25) is 0 Å². The fourth-order valence-electron chi connectivity index (χ4n) is 4.79. The lowest BCUT2D eigenvalue weighted by atomic mass is 9.83. The maximum absolute atomic E-state index is 12.6. The third-order valence-corrected chi connectivity index (χ3v) is 5.96. The molecule has 0 unspecified atom stereocenters. The van der Waals surface area contributed by atoms with E-state index in [2.05, 4.69) is 16.7 Å². The maximum atomic E-state index is 12.6. The molecule has 0 aromatic rings. The van der Waals surface area contributed by atoms with Gasteiger partial charge in [0.05, 0.1) is 6.54 Å². The van der Waals surface area contributed by atoms with Crippen molar-refractivity contribution in [1.29, 1.82) is 0 Å². The van der Waals surface area contributed by atoms with Crippen LogP contribution < -0.4 is 0 Å². The van der Waals surface area contributed by atoms with Crippen molar-refractivity contribution in [2.75, 3.05) is 26.2 Å². The van der Waals surface area contributed by atoms with Crippen molar-refractivity contribution >= 4 is 5.91 Å². The molecule has 0 spiro atoms. The van der Waals surface area contributed by atoms with Crippen LogP contribution in [0.15, 0.2) is 0 Å². The third-order valence-electron chi connectivity index (χ3n) is 5.96. The van der Waals surface area contributed by atoms with E-state index in [-0.39, 0.29) is 0 Å². The van der Waals surface area contributed by atoms with E-state index < -0.39 is 0 Å². The van der Waals surface area contributed by atoms with Crippen molar-refractivity contribution in [3.8, 4) is 0 Å². The van der Waals surface area contributed by atoms with E-state index in [9.17, 15) is 4.79 Å². The molecule has 0 bridgehead atoms. The Bertz CT molecular complexity index is 351. The topological polar surface area (TPSA) is 23.6 Å². The number of piperidine rings is 1. The molecule has 2 heterocycles. The van der Waals surface area contributed by atoms with E-state index in [1.807, 2.05) is 0 Å². The number of carbonyl (C=O) groups is 1. The predicted octanol–water partition coefficient (Wildman–Crippen LogP) is 3.29. The Morgan fingerprint density at radius 3 is 2.48 bits per heavy atom. The van der Waals surface area contributed by atoms with Crippen LogP contribution in [0.4, 0.5) is 0 Å². The molecule has 3 heteroatoms. The summed E-state index contributed by atoms with van der Waals surface area (Å²) in [6.45, 7) is 6.09. The van der Waals surface area contributed by atoms with Gasteiger partial charge in [0, 0.05) is 19.1 Å². The lowest BCUT2D eigenvalue weighted by Crippen LogP contribution is -2.47. The smallest absolute Gasteiger partial charge is 0.236 e. The van der Waals surface area contributed by atoms with Gasteiger partial charge in [-0.2, -0.15) is 0 Å². The summed E-state index contributed by atoms with van der Waals surface area (Å²) < 4.78 is 0. The maximum Gasteiger partial charge on any atom is 0.236 e. The molecule has 0 N–H and O–H groups in total. The predicted molar refractivity (Wildman–Crippen MR) is 86.1 cm³/mol. The zero-order valence-electron chi connectivity index (χ0n) is 13.7. The third kappa shape index (κ3) is 3.80. The minimum absolute atomic E-state index is 0.393. The van der Waals surface area contributed by atoms with Crippen LogP contribution in [0.1, 0.15) is 64.7 Å². The van der Waals surface area contributed by atoms with Crippen LogP contribution in [0, 0.1) is 11.8 Å². The Kier molecular flexibility index (Phi) is 5.20. The monoisotopic (exact) mass is 292 g/mol. The van der Waals surface area contributed by atoms with Gasteiger partial charge in [-0.25, -0.2) is 0 Å². The molecule has 3 aliphatic rings. The summed E-state index contributed by atoms with van der Waals surface area (Å²) in [5, 5.41) is 0. The zero-order valence-corrected chi connectivity index (χ0v) is 13.7. The van der Waals surface area contributed by atoms with Gasteiger partial charge in [-0.3, -0.25) is 9.69 Å². The van der Waals surface area contributed by atoms with Crippen LogP contribution in [-0.4, -0.2) is 47.9 Å². The highest BCUT2D eigenvalue weighted by Gasteiger charge is 2.34. The number of nitrogens with zero attached hydrogens (tertiary/aromatic N) is 2. The minimum Gasteiger partial charge on any atom is -0.341 e. The molecule has 120 valence electrons. The molecule has 21 heavy (non-hydrogen) atoms. The Hall–Kier alpha value is -0.570. The first kappa shape index (κ1) is 15.3. The summed E-state index contributed by atoms with van der Waals surface area (Å²) in [5.41, 5.74) is 0. The number of hydrogen-bond acceptors (Lipinski definition) is 2. The molecule has 0 aromatic carbocycles. The minimum atomic E-state index is 0.393. The molecule has 0 aromatic heterocycles. The van der Waals surface area contributed by atoms with E-state index in [1.165, 1.54) is 57.8 Å². The van der Waals surface area contributed by atoms with Crippen molar-refractivity contribution in [2.45, 2.75) is 70.8 Å². The van der Waals surface area contributed by atoms with Gasteiger partial charge in [-0.05, 0) is 56.9 Å². The average Bonchev–Trinajstić information content (AvgIpc) is 2.96. The standard InChI is InChI=1S/C18H32N2O/c1-15-7-5-12-20(13-15)18(21)14-19-11-6-10-17(19)16-8-3-2-4-9-16/h15-17H,2-14H2,1H3/t15-,17+/m1/s1. The van der Waals surface area contributed by atoms with Crippen LogP contribution in [0.5, 0.6) is 0 Å². The fourth-order valence-corrected chi connectivity index (χ4v) is 4.79. The summed E-state index contributed by atoms with van der Waals surface area (Å²) in [6, 6.07) is 0.705. The molecular formula is C18H32N2O. The first-order chi connectivity index (χ1) is 10.2. The van der Waals surface area contributed by atoms with E-state index >= 15 is 0 Å². The highest BCUT2D eigenvalue weighted by atomic mass is 16.2. The number of amides is 1. The Labute approximate surface area is 130 Å². The fraction of sp³-hybridized carbons (Fsp3) is 0.944. The second-order valence-corrected chi connectivity index (χ2v) is 7.67. The lowest BCUT2D eigenvalue weighted by Gasteiger charge is -2.36. The molecule has 3 nitrogen and oxygen atoms in total. The number of carbonyl (C=O) groups excluding carboxylic acids is 1. The first-order valence-electron chi connectivity index (χ1n) is 9.26. The van der Waals surface area contributed by atoms with Crippen molar-refractivity contribution in [1.82, 2.24) is 9.80 Å². The molecule has 1 saturated carbocycles.